The molecule has 2 fully saturated rings. The van der Waals surface area contributed by atoms with Crippen LogP contribution in [0.2, 0.25) is 0 Å². The molecule has 0 bridgehead atoms. The van der Waals surface area contributed by atoms with Crippen LogP contribution in [0.15, 0.2) is 54.6 Å². The zero-order valence-electron chi connectivity index (χ0n) is 33.0. The quantitative estimate of drug-likeness (QED) is 0.103. The minimum absolute atomic E-state index is 0.284. The fourth-order valence-electron chi connectivity index (χ4n) is 4.97. The molecule has 18 nitrogen and oxygen atoms in total. The molecule has 2 heterocycles. The minimum atomic E-state index is -4.82. The number of nitrogens with zero attached hydrogens (tertiary/aromatic N) is 6. The highest BCUT2D eigenvalue weighted by molar-refractivity contribution is 8.26. The number of nitro groups is 3. The maximum Gasteiger partial charge on any atom is 0.416 e. The molecule has 65 heavy (non-hydrogen) atoms. The van der Waals surface area contributed by atoms with E-state index in [1.165, 1.54) is 18.0 Å². The minimum Gasteiger partial charge on any atom is -0.478 e. The first kappa shape index (κ1) is 57.8. The van der Waals surface area contributed by atoms with Gasteiger partial charge >= 0.3 is 24.5 Å². The highest BCUT2D eigenvalue weighted by Crippen LogP contribution is 2.35. The molecule has 0 saturated carbocycles. The van der Waals surface area contributed by atoms with Crippen LogP contribution in [0.25, 0.3) is 0 Å². The van der Waals surface area contributed by atoms with Crippen LogP contribution in [0.3, 0.4) is 0 Å². The van der Waals surface area contributed by atoms with E-state index in [1.807, 2.05) is 11.9 Å². The number of hydrogen-bond donors (Lipinski definition) is 2. The molecule has 2 aliphatic heterocycles. The van der Waals surface area contributed by atoms with E-state index in [1.54, 1.807) is 0 Å². The lowest BCUT2D eigenvalue weighted by atomic mass is 10.1. The van der Waals surface area contributed by atoms with Crippen LogP contribution < -0.4 is 5.32 Å². The largest absolute Gasteiger partial charge is 0.478 e. The maximum atomic E-state index is 12.8. The highest BCUT2D eigenvalue weighted by atomic mass is 36.0. The number of rotatable bonds is 6. The molecule has 0 radical (unpaired) electrons. The lowest BCUT2D eigenvalue weighted by molar-refractivity contribution is -0.385. The number of nitrogens with one attached hydrogen (secondary N) is 1. The monoisotopic (exact) mass is 1020 g/mol. The Labute approximate surface area is 376 Å². The Morgan fingerprint density at radius 2 is 0.908 bits per heavy atom. The molecule has 3 aromatic rings. The third-order valence-corrected chi connectivity index (χ3v) is 8.44. The Hall–Kier alpha value is -5.26. The van der Waals surface area contributed by atoms with E-state index in [9.17, 15) is 84.2 Å². The molecule has 0 aliphatic carbocycles. The number of piperazine rings is 2. The Morgan fingerprint density at radius 1 is 0.600 bits per heavy atom. The lowest BCUT2D eigenvalue weighted by Gasteiger charge is -2.32. The summed E-state index contributed by atoms with van der Waals surface area (Å²) in [5.41, 5.74) is -7.99. The molecule has 2 N–H and O–H groups in total. The molecule has 0 spiro atoms. The van der Waals surface area contributed by atoms with E-state index in [0.717, 1.165) is 19.2 Å². The molecule has 360 valence electrons. The standard InChI is InChI=1S/C13H14F3N3O3.C8H3ClF3NO3.C8H4F3NO4.C5H12N2.Cl2OS/c1-17-2-4-18(5-3-17)12(20)9-6-10(13(14,15)16)8-11(7-9)19(21)22;9-7(14)4-1-5(8(10,11)12)3-6(2-4)13(15)16;9-8(10,11)5-1-4(7(13)14)2-6(3-5)12(15)16;1-7-4-2-6-3-5-7;1-4(2)3/h6-8H,2-5H2,1H3;1-3H;1-3H,(H,13,14);6H,2-5H2,1H3;. The number of halogens is 12. The highest BCUT2D eigenvalue weighted by Gasteiger charge is 2.36. The Balaban J connectivity index is 0.000000441. The molecule has 5 rings (SSSR count). The fourth-order valence-corrected chi connectivity index (χ4v) is 5.08. The topological polar surface area (TPSA) is 240 Å². The van der Waals surface area contributed by atoms with Crippen molar-refractivity contribution in [1.82, 2.24) is 20.0 Å². The zero-order valence-corrected chi connectivity index (χ0v) is 36.1. The second kappa shape index (κ2) is 25.4. The average Bonchev–Trinajstić information content (AvgIpc) is 3.20. The van der Waals surface area contributed by atoms with E-state index in [-0.39, 0.29) is 11.6 Å². The van der Waals surface area contributed by atoms with Crippen LogP contribution in [-0.4, -0.2) is 122 Å². The van der Waals surface area contributed by atoms with Gasteiger partial charge in [0.15, 0.2) is 0 Å². The van der Waals surface area contributed by atoms with Gasteiger partial charge in [-0.05, 0) is 43.9 Å². The number of carboxylic acids is 1. The molecule has 2 aliphatic rings. The third kappa shape index (κ3) is 21.1. The number of carbonyl (C=O) groups excluding carboxylic acids is 2. The normalized spacial score (nSPS) is 14.4. The molecule has 0 atom stereocenters. The van der Waals surface area contributed by atoms with Crippen molar-refractivity contribution < 1.29 is 78.0 Å². The Kier molecular flexibility index (Phi) is 22.6. The van der Waals surface area contributed by atoms with Crippen molar-refractivity contribution in [2.75, 3.05) is 66.5 Å². The van der Waals surface area contributed by atoms with Gasteiger partial charge in [0, 0.05) is 121 Å². The number of carboxylic acid groups (broad SMARTS) is 1. The summed E-state index contributed by atoms with van der Waals surface area (Å²) in [5.74, 6) is -2.28. The second-order valence-electron chi connectivity index (χ2n) is 13.0. The summed E-state index contributed by atoms with van der Waals surface area (Å²) in [6, 6.07) is 4.65. The van der Waals surface area contributed by atoms with Crippen molar-refractivity contribution in [1.29, 1.82) is 0 Å². The van der Waals surface area contributed by atoms with Gasteiger partial charge in [0.05, 0.1) is 37.0 Å². The van der Waals surface area contributed by atoms with Crippen LogP contribution >= 0.6 is 33.0 Å². The van der Waals surface area contributed by atoms with Crippen LogP contribution in [0.1, 0.15) is 47.8 Å². The molecule has 0 unspecified atom stereocenters. The first-order valence-corrected chi connectivity index (χ1v) is 20.6. The second-order valence-corrected chi connectivity index (χ2v) is 15.8. The van der Waals surface area contributed by atoms with Crippen molar-refractivity contribution in [2.24, 2.45) is 0 Å². The number of amides is 1. The SMILES string of the molecule is CN1CCN(C(=O)c2cc([N+](=O)[O-])cc(C(F)(F)F)c2)CC1.CN1CCNCC1.O=C(Cl)c1cc([N+](=O)[O-])cc(C(F)(F)F)c1.O=C(O)c1cc([N+](=O)[O-])cc(C(F)(F)F)c1.O=S(Cl)Cl. The third-order valence-electron chi connectivity index (χ3n) is 8.22. The van der Waals surface area contributed by atoms with Crippen molar-refractivity contribution in [3.05, 3.63) is 118 Å². The summed E-state index contributed by atoms with van der Waals surface area (Å²) in [4.78, 5) is 67.5. The van der Waals surface area contributed by atoms with E-state index in [2.05, 4.69) is 38.6 Å². The zero-order chi connectivity index (χ0) is 50.2. The first-order valence-electron chi connectivity index (χ1n) is 17.4. The van der Waals surface area contributed by atoms with Gasteiger partial charge in [-0.15, -0.1) is 0 Å². The van der Waals surface area contributed by atoms with Gasteiger partial charge in [0.1, 0.15) is 0 Å². The number of nitro benzene ring substituents is 3. The van der Waals surface area contributed by atoms with E-state index < -0.39 is 105 Å². The number of benzene rings is 3. The van der Waals surface area contributed by atoms with Crippen LogP contribution in [0.5, 0.6) is 0 Å². The van der Waals surface area contributed by atoms with E-state index >= 15 is 0 Å². The summed E-state index contributed by atoms with van der Waals surface area (Å²) < 4.78 is 121. The van der Waals surface area contributed by atoms with Gasteiger partial charge < -0.3 is 25.1 Å². The average molecular weight is 1030 g/mol. The summed E-state index contributed by atoms with van der Waals surface area (Å²) in [6.45, 7) is 6.70. The predicted octanol–water partition coefficient (Wildman–Crippen LogP) is 7.87. The van der Waals surface area contributed by atoms with Gasteiger partial charge in [-0.3, -0.25) is 39.9 Å². The maximum absolute atomic E-state index is 12.8. The van der Waals surface area contributed by atoms with Gasteiger partial charge in [-0.2, -0.15) is 39.5 Å². The van der Waals surface area contributed by atoms with Gasteiger partial charge in [0.2, 0.25) is 9.23 Å². The molecular weight excluding hydrogens is 992 g/mol. The van der Waals surface area contributed by atoms with Gasteiger partial charge in [-0.1, -0.05) is 0 Å². The number of likely N-dealkylation sites (N-methyl/N-ethyl adjacent to an activating group) is 2. The number of alkyl halides is 9. The van der Waals surface area contributed by atoms with Crippen LogP contribution in [0.4, 0.5) is 56.6 Å². The summed E-state index contributed by atoms with van der Waals surface area (Å²) in [5, 5.41) is 42.0. The number of hydrogen-bond acceptors (Lipinski definition) is 13. The summed E-state index contributed by atoms with van der Waals surface area (Å²) in [6.07, 6.45) is -14.3. The smallest absolute Gasteiger partial charge is 0.416 e. The first-order chi connectivity index (χ1) is 29.7. The number of aromatic carboxylic acids is 1. The van der Waals surface area contributed by atoms with Gasteiger partial charge in [-0.25, -0.2) is 9.00 Å². The lowest BCUT2D eigenvalue weighted by Crippen LogP contribution is -2.47. The molecule has 1 amide bonds. The van der Waals surface area contributed by atoms with Crippen LogP contribution in [-0.2, 0) is 27.8 Å². The van der Waals surface area contributed by atoms with Crippen LogP contribution in [0, 0.1) is 30.3 Å². The molecular formula is C34H33Cl3F9N7O11S. The molecule has 3 aromatic carbocycles. The Bertz CT molecular complexity index is 2060. The van der Waals surface area contributed by atoms with Crippen molar-refractivity contribution in [3.8, 4) is 0 Å². The van der Waals surface area contributed by atoms with E-state index in [0.29, 0.717) is 68.6 Å². The molecule has 2 saturated heterocycles. The molecule has 0 aromatic heterocycles. The fraction of sp³-hybridized carbons (Fsp3) is 0.382. The Morgan fingerprint density at radius 3 is 1.20 bits per heavy atom. The molecule has 31 heteroatoms. The van der Waals surface area contributed by atoms with Crippen molar-refractivity contribution >= 4 is 76.4 Å². The predicted molar refractivity (Wildman–Crippen MR) is 215 cm³/mol. The summed E-state index contributed by atoms with van der Waals surface area (Å²) >= 11 is 4.97. The summed E-state index contributed by atoms with van der Waals surface area (Å²) in [7, 11) is 11.4. The van der Waals surface area contributed by atoms with E-state index in [4.69, 9.17) is 20.9 Å². The number of carbonyl (C=O) groups is 3. The van der Waals surface area contributed by atoms with Crippen molar-refractivity contribution in [2.45, 2.75) is 18.5 Å². The van der Waals surface area contributed by atoms with Crippen molar-refractivity contribution in [3.63, 3.8) is 0 Å². The number of non-ortho nitro benzene ring substituents is 3. The van der Waals surface area contributed by atoms with Gasteiger partial charge in [0.25, 0.3) is 28.2 Å².